The average molecular weight is 856 g/mol. The van der Waals surface area contributed by atoms with Crippen LogP contribution in [0, 0.1) is 19.3 Å². The second-order valence-corrected chi connectivity index (χ2v) is 16.7. The summed E-state index contributed by atoms with van der Waals surface area (Å²) in [5, 5.41) is 25.9. The van der Waals surface area contributed by atoms with Crippen molar-refractivity contribution in [2.45, 2.75) is 64.7 Å². The number of carbonyl (C=O) groups is 2. The van der Waals surface area contributed by atoms with Crippen LogP contribution in [-0.4, -0.2) is 97.9 Å². The van der Waals surface area contributed by atoms with Crippen LogP contribution in [0.5, 0.6) is 17.2 Å². The van der Waals surface area contributed by atoms with Crippen LogP contribution in [0.1, 0.15) is 54.0 Å². The van der Waals surface area contributed by atoms with E-state index in [0.717, 1.165) is 59.3 Å². The number of pyridine rings is 1. The van der Waals surface area contributed by atoms with Crippen LogP contribution >= 0.6 is 11.6 Å². The Morgan fingerprint density at radius 3 is 2.29 bits per heavy atom. The highest BCUT2D eigenvalue weighted by molar-refractivity contribution is 7.90. The van der Waals surface area contributed by atoms with E-state index in [1.807, 2.05) is 24.3 Å². The molecule has 3 aromatic carbocycles. The van der Waals surface area contributed by atoms with Gasteiger partial charge in [-0.25, -0.2) is 8.42 Å². The van der Waals surface area contributed by atoms with Crippen molar-refractivity contribution in [2.75, 3.05) is 52.3 Å². The topological polar surface area (TPSA) is 208 Å². The quantitative estimate of drug-likeness (QED) is 0.0678. The van der Waals surface area contributed by atoms with E-state index < -0.39 is 21.2 Å². The zero-order valence-electron chi connectivity index (χ0n) is 33.9. The molecule has 0 saturated carbocycles. The van der Waals surface area contributed by atoms with Gasteiger partial charge in [0.15, 0.2) is 9.84 Å². The van der Waals surface area contributed by atoms with E-state index in [0.29, 0.717) is 53.8 Å². The van der Waals surface area contributed by atoms with Crippen LogP contribution in [0.2, 0.25) is 5.02 Å². The lowest BCUT2D eigenvalue weighted by Gasteiger charge is -2.24. The number of sulfone groups is 1. The van der Waals surface area contributed by atoms with E-state index in [9.17, 15) is 23.1 Å². The smallest absolute Gasteiger partial charge is 0.315 e. The molecule has 1 saturated heterocycles. The van der Waals surface area contributed by atoms with Gasteiger partial charge in [0.2, 0.25) is 0 Å². The minimum atomic E-state index is -3.41. The molecule has 1 aliphatic rings. The van der Waals surface area contributed by atoms with Crippen molar-refractivity contribution in [1.82, 2.24) is 9.88 Å². The molecule has 1 unspecified atom stereocenters. The number of likely N-dealkylation sites (tertiary alicyclic amines) is 1. The fourth-order valence-electron chi connectivity index (χ4n) is 6.60. The number of halogens is 1. The number of hydrogen-bond donors (Lipinski definition) is 4. The molecule has 1 fully saturated rings. The highest BCUT2D eigenvalue weighted by Crippen LogP contribution is 2.37. The first-order valence-electron chi connectivity index (χ1n) is 19.2. The van der Waals surface area contributed by atoms with Crippen molar-refractivity contribution < 1.29 is 52.3 Å². The van der Waals surface area contributed by atoms with E-state index in [1.54, 1.807) is 25.3 Å². The van der Waals surface area contributed by atoms with Gasteiger partial charge < -0.3 is 44.9 Å². The molecule has 0 radical (unpaired) electrons. The second-order valence-electron chi connectivity index (χ2n) is 14.2. The Balaban J connectivity index is 0.00000119. The van der Waals surface area contributed by atoms with E-state index in [1.165, 1.54) is 12.3 Å². The molecule has 320 valence electrons. The Hall–Kier alpha value is -4.77. The third kappa shape index (κ3) is 12.9. The number of carboxylic acid groups (broad SMARTS) is 1. The van der Waals surface area contributed by atoms with Crippen molar-refractivity contribution >= 4 is 33.4 Å². The molecule has 16 heteroatoms. The molecule has 0 aliphatic carbocycles. The summed E-state index contributed by atoms with van der Waals surface area (Å²) in [6.07, 6.45) is 5.19. The van der Waals surface area contributed by atoms with Gasteiger partial charge in [-0.15, -0.1) is 0 Å². The van der Waals surface area contributed by atoms with Crippen molar-refractivity contribution in [3.05, 3.63) is 99.8 Å². The van der Waals surface area contributed by atoms with Gasteiger partial charge in [-0.2, -0.15) is 0 Å². The Morgan fingerprint density at radius 1 is 0.932 bits per heavy atom. The van der Waals surface area contributed by atoms with Gasteiger partial charge in [0.05, 0.1) is 42.8 Å². The highest BCUT2D eigenvalue weighted by atomic mass is 35.5. The number of nitrogens with zero attached hydrogens (tertiary/aromatic N) is 2. The second kappa shape index (κ2) is 22.0. The lowest BCUT2D eigenvalue weighted by molar-refractivity contribution is -0.157. The van der Waals surface area contributed by atoms with Crippen LogP contribution in [0.15, 0.2) is 71.9 Å². The number of aliphatic carboxylic acids is 1. The predicted octanol–water partition coefficient (Wildman–Crippen LogP) is 5.51. The van der Waals surface area contributed by atoms with Crippen LogP contribution in [0.3, 0.4) is 0 Å². The number of carboxylic acids is 1. The third-order valence-corrected chi connectivity index (χ3v) is 11.4. The van der Waals surface area contributed by atoms with E-state index in [2.05, 4.69) is 35.9 Å². The summed E-state index contributed by atoms with van der Waals surface area (Å²) in [7, 11) is -3.41. The first-order valence-corrected chi connectivity index (χ1v) is 21.5. The number of esters is 1. The summed E-state index contributed by atoms with van der Waals surface area (Å²) < 4.78 is 47.7. The maximum Gasteiger partial charge on any atom is 0.315 e. The van der Waals surface area contributed by atoms with Gasteiger partial charge in [-0.05, 0) is 86.2 Å². The normalized spacial score (nSPS) is 15.3. The first-order chi connectivity index (χ1) is 28.2. The maximum atomic E-state index is 12.5. The van der Waals surface area contributed by atoms with Crippen LogP contribution in [-0.2, 0) is 43.9 Å². The molecule has 59 heavy (non-hydrogen) atoms. The number of ether oxygens (including phenoxy) is 4. The molecule has 2 heterocycles. The van der Waals surface area contributed by atoms with Gasteiger partial charge in [-0.1, -0.05) is 41.9 Å². The molecular weight excluding hydrogens is 802 g/mol. The largest absolute Gasteiger partial charge is 0.493 e. The number of carbonyl (C=O) groups excluding carboxylic acids is 1. The predicted molar refractivity (Wildman–Crippen MR) is 223 cm³/mol. The van der Waals surface area contributed by atoms with Crippen molar-refractivity contribution in [2.24, 2.45) is 11.1 Å². The monoisotopic (exact) mass is 855 g/mol. The van der Waals surface area contributed by atoms with Crippen LogP contribution < -0.4 is 19.9 Å². The molecule has 1 aromatic heterocycles. The Morgan fingerprint density at radius 2 is 1.64 bits per heavy atom. The summed E-state index contributed by atoms with van der Waals surface area (Å²) in [5.41, 5.74) is 11.6. The Kier molecular flexibility index (Phi) is 17.5. The molecule has 4 aromatic rings. The van der Waals surface area contributed by atoms with Crippen LogP contribution in [0.4, 0.5) is 0 Å². The van der Waals surface area contributed by atoms with Gasteiger partial charge in [0.25, 0.3) is 0 Å². The van der Waals surface area contributed by atoms with Crippen LogP contribution in [0.25, 0.3) is 11.1 Å². The molecule has 5 rings (SSSR count). The van der Waals surface area contributed by atoms with Gasteiger partial charge in [0.1, 0.15) is 35.9 Å². The molecule has 0 spiro atoms. The number of hydrogen-bond acceptors (Lipinski definition) is 13. The summed E-state index contributed by atoms with van der Waals surface area (Å²) in [4.78, 5) is 28.2. The molecule has 1 atom stereocenters. The molecular formula is C43H54ClN3O11S. The molecule has 14 nitrogen and oxygen atoms in total. The van der Waals surface area contributed by atoms with Crippen molar-refractivity contribution in [1.29, 1.82) is 0 Å². The first kappa shape index (κ1) is 46.9. The summed E-state index contributed by atoms with van der Waals surface area (Å²) in [6, 6.07) is 17.1. The minimum Gasteiger partial charge on any atom is -0.493 e. The Bertz CT molecular complexity index is 2170. The number of benzene rings is 3. The fraction of sp³-hybridized carbons (Fsp3) is 0.419. The Labute approximate surface area is 350 Å². The molecule has 1 aliphatic heterocycles. The number of aliphatic hydroxyl groups is 2. The van der Waals surface area contributed by atoms with Gasteiger partial charge >= 0.3 is 11.9 Å². The zero-order chi connectivity index (χ0) is 43.2. The number of aromatic nitrogens is 1. The lowest BCUT2D eigenvalue weighted by Crippen LogP contribution is -2.39. The molecule has 0 bridgehead atoms. The minimum absolute atomic E-state index is 0.0779. The lowest BCUT2D eigenvalue weighted by atomic mass is 9.88. The average Bonchev–Trinajstić information content (AvgIpc) is 3.64. The number of nitrogens with two attached hydrogens (primary N) is 1. The summed E-state index contributed by atoms with van der Waals surface area (Å²) in [5.74, 6) is 0.423. The van der Waals surface area contributed by atoms with E-state index >= 15 is 0 Å². The third-order valence-electron chi connectivity index (χ3n) is 9.98. The molecule has 0 amide bonds. The van der Waals surface area contributed by atoms with Crippen molar-refractivity contribution in [3.63, 3.8) is 0 Å². The van der Waals surface area contributed by atoms with Gasteiger partial charge in [-0.3, -0.25) is 14.6 Å². The highest BCUT2D eigenvalue weighted by Gasteiger charge is 2.45. The van der Waals surface area contributed by atoms with E-state index in [-0.39, 0.29) is 50.3 Å². The number of rotatable bonds is 19. The summed E-state index contributed by atoms with van der Waals surface area (Å²) >= 11 is 6.61. The standard InChI is InChI=1S/C40H48ClN3O8S.C3H6O3/c1-5-49-39(46)40(26-45)13-15-44(25-40)14-8-16-50-36-12-7-11-34(28(36)3)33-10-6-9-30(27(33)2)24-52-38-19-37(31(20-42)18-35(38)41)51-23-29-17-32(22-43-21-29)53(4,47)48;4-2-1-3(5)6/h6-7,9-12,17-19,21-22,45H,5,8,13-16,20,23-26,42H2,1-4H3;4H,1-2H2,(H,5,6). The SMILES string of the molecule is CCOC(=O)C1(CO)CCN(CCCOc2cccc(-c3cccc(COc4cc(OCc5cncc(S(C)(=O)=O)c5)c(CN)cc4Cl)c3C)c2C)C1.O=C(O)CCO. The zero-order valence-corrected chi connectivity index (χ0v) is 35.5. The van der Waals surface area contributed by atoms with Gasteiger partial charge in [0, 0.05) is 55.5 Å². The van der Waals surface area contributed by atoms with E-state index in [4.69, 9.17) is 46.5 Å². The maximum absolute atomic E-state index is 12.5. The number of aliphatic hydroxyl groups excluding tert-OH is 2. The summed E-state index contributed by atoms with van der Waals surface area (Å²) in [6.45, 7) is 8.70. The fourth-order valence-corrected chi connectivity index (χ4v) is 7.45. The van der Waals surface area contributed by atoms with Crippen molar-refractivity contribution in [3.8, 4) is 28.4 Å². The molecule has 5 N–H and O–H groups in total.